The smallest absolute Gasteiger partial charge is 0.243 e. The number of methoxy groups -OCH3 is 3. The van der Waals surface area contributed by atoms with Gasteiger partial charge < -0.3 is 18.9 Å². The van der Waals surface area contributed by atoms with Crippen molar-refractivity contribution < 1.29 is 23.7 Å². The van der Waals surface area contributed by atoms with E-state index in [2.05, 4.69) is 21.0 Å². The van der Waals surface area contributed by atoms with Gasteiger partial charge in [0.15, 0.2) is 11.5 Å². The van der Waals surface area contributed by atoms with Gasteiger partial charge in [-0.2, -0.15) is 5.01 Å². The topological polar surface area (TPSA) is 69.6 Å². The summed E-state index contributed by atoms with van der Waals surface area (Å²) < 4.78 is 23.1. The van der Waals surface area contributed by atoms with Crippen LogP contribution in [0, 0.1) is 0 Å². The molecule has 3 rings (SSSR count). The molecule has 1 heterocycles. The summed E-state index contributed by atoms with van der Waals surface area (Å²) in [7, 11) is 4.62. The maximum Gasteiger partial charge on any atom is 0.243 e. The van der Waals surface area contributed by atoms with Crippen LogP contribution in [0.4, 0.5) is 0 Å². The van der Waals surface area contributed by atoms with Crippen molar-refractivity contribution in [2.45, 2.75) is 13.2 Å². The van der Waals surface area contributed by atoms with Crippen molar-refractivity contribution in [3.63, 3.8) is 0 Å². The van der Waals surface area contributed by atoms with Gasteiger partial charge in [-0.3, -0.25) is 4.79 Å². The van der Waals surface area contributed by atoms with Crippen LogP contribution in [0.1, 0.15) is 24.3 Å². The molecule has 7 nitrogen and oxygen atoms in total. The average molecular weight is 435 g/mol. The molecule has 0 saturated carbocycles. The van der Waals surface area contributed by atoms with Gasteiger partial charge >= 0.3 is 0 Å². The lowest BCUT2D eigenvalue weighted by molar-refractivity contribution is -0.135. The molecule has 0 bridgehead atoms. The summed E-state index contributed by atoms with van der Waals surface area (Å²) in [5, 5.41) is 5.63. The molecule has 27 heavy (non-hydrogen) atoms. The lowest BCUT2D eigenvalue weighted by atomic mass is 10.1. The highest BCUT2D eigenvalue weighted by molar-refractivity contribution is 9.10. The number of halogens is 1. The molecule has 1 amide bonds. The van der Waals surface area contributed by atoms with Crippen LogP contribution in [-0.4, -0.2) is 38.1 Å². The highest BCUT2D eigenvalue weighted by Crippen LogP contribution is 2.41. The zero-order chi connectivity index (χ0) is 19.6. The molecule has 0 spiro atoms. The zero-order valence-corrected chi connectivity index (χ0v) is 16.9. The molecule has 0 radical (unpaired) electrons. The maximum atomic E-state index is 12.2. The molecule has 1 aliphatic heterocycles. The Hall–Kier alpha value is -2.74. The van der Waals surface area contributed by atoms with E-state index in [-0.39, 0.29) is 5.91 Å². The van der Waals surface area contributed by atoms with Crippen LogP contribution in [0.2, 0.25) is 0 Å². The highest BCUT2D eigenvalue weighted by Gasteiger charge is 2.36. The fraction of sp³-hybridized carbons (Fsp3) is 0.263. The van der Waals surface area contributed by atoms with Crippen LogP contribution in [-0.2, 0) is 9.53 Å². The molecular weight excluding hydrogens is 416 g/mol. The van der Waals surface area contributed by atoms with Gasteiger partial charge in [-0.15, -0.1) is 5.10 Å². The van der Waals surface area contributed by atoms with E-state index in [9.17, 15) is 4.79 Å². The third-order valence-corrected chi connectivity index (χ3v) is 4.59. The van der Waals surface area contributed by atoms with E-state index >= 15 is 0 Å². The fourth-order valence-corrected chi connectivity index (χ4v) is 2.99. The van der Waals surface area contributed by atoms with E-state index in [4.69, 9.17) is 18.9 Å². The molecule has 1 aliphatic rings. The van der Waals surface area contributed by atoms with Gasteiger partial charge in [-0.25, -0.2) is 0 Å². The molecule has 1 atom stereocenters. The number of carbonyl (C=O) groups excluding carboxylic acids is 1. The van der Waals surface area contributed by atoms with Crippen molar-refractivity contribution in [1.29, 1.82) is 0 Å². The van der Waals surface area contributed by atoms with Gasteiger partial charge in [0.2, 0.25) is 18.0 Å². The number of amides is 1. The molecule has 0 aliphatic carbocycles. The molecule has 0 N–H and O–H groups in total. The van der Waals surface area contributed by atoms with Crippen LogP contribution in [0.25, 0.3) is 0 Å². The molecule has 2 aromatic rings. The average Bonchev–Trinajstić information content (AvgIpc) is 3.12. The van der Waals surface area contributed by atoms with Crippen LogP contribution in [0.3, 0.4) is 0 Å². The van der Waals surface area contributed by atoms with E-state index in [1.165, 1.54) is 26.2 Å². The van der Waals surface area contributed by atoms with Gasteiger partial charge in [0.05, 0.1) is 26.9 Å². The summed E-state index contributed by atoms with van der Waals surface area (Å²) in [5.41, 5.74) is 1.35. The third-order valence-electron chi connectivity index (χ3n) is 4.06. The van der Waals surface area contributed by atoms with Crippen molar-refractivity contribution in [3.05, 3.63) is 52.0 Å². The van der Waals surface area contributed by atoms with Crippen LogP contribution < -0.4 is 14.2 Å². The van der Waals surface area contributed by atoms with Gasteiger partial charge in [-0.1, -0.05) is 15.9 Å². The molecule has 0 saturated heterocycles. The molecule has 0 unspecified atom stereocenters. The van der Waals surface area contributed by atoms with Gasteiger partial charge in [0.25, 0.3) is 0 Å². The van der Waals surface area contributed by atoms with E-state index in [1.54, 1.807) is 19.2 Å². The molecule has 142 valence electrons. The second-order valence-electron chi connectivity index (χ2n) is 5.69. The number of rotatable bonds is 5. The Morgan fingerprint density at radius 3 is 2.19 bits per heavy atom. The lowest BCUT2D eigenvalue weighted by Gasteiger charge is -2.22. The summed E-state index contributed by atoms with van der Waals surface area (Å²) in [6.07, 6.45) is -0.782. The first-order valence-corrected chi connectivity index (χ1v) is 8.88. The Balaban J connectivity index is 2.03. The van der Waals surface area contributed by atoms with E-state index < -0.39 is 6.23 Å². The summed E-state index contributed by atoms with van der Waals surface area (Å²) in [5.74, 6) is 1.59. The third kappa shape index (κ3) is 3.71. The Morgan fingerprint density at radius 1 is 1.04 bits per heavy atom. The van der Waals surface area contributed by atoms with Crippen LogP contribution in [0.5, 0.6) is 17.2 Å². The monoisotopic (exact) mass is 434 g/mol. The number of carbonyl (C=O) groups is 1. The SMILES string of the molecule is COc1cc(OC)c([C@@H]2OC(c3ccc(Br)cc3)=NN2C(C)=O)cc1OC. The minimum atomic E-state index is -0.782. The van der Waals surface area contributed by atoms with Crippen molar-refractivity contribution in [3.8, 4) is 17.2 Å². The van der Waals surface area contributed by atoms with E-state index in [0.29, 0.717) is 28.7 Å². The minimum absolute atomic E-state index is 0.260. The normalized spacial score (nSPS) is 15.8. The Labute approximate surface area is 165 Å². The zero-order valence-electron chi connectivity index (χ0n) is 15.4. The van der Waals surface area contributed by atoms with Crippen LogP contribution in [0.15, 0.2) is 46.0 Å². The Morgan fingerprint density at radius 2 is 1.63 bits per heavy atom. The molecule has 0 fully saturated rings. The van der Waals surface area contributed by atoms with E-state index in [0.717, 1.165) is 10.0 Å². The van der Waals surface area contributed by atoms with Gasteiger partial charge in [-0.05, 0) is 30.3 Å². The quantitative estimate of drug-likeness (QED) is 0.716. The fourth-order valence-electron chi connectivity index (χ4n) is 2.72. The summed E-state index contributed by atoms with van der Waals surface area (Å²) >= 11 is 3.40. The van der Waals surface area contributed by atoms with Crippen molar-refractivity contribution >= 4 is 27.7 Å². The van der Waals surface area contributed by atoms with Crippen molar-refractivity contribution in [2.24, 2.45) is 5.10 Å². The molecule has 8 heteroatoms. The molecule has 2 aromatic carbocycles. The number of hydrogen-bond acceptors (Lipinski definition) is 6. The lowest BCUT2D eigenvalue weighted by Crippen LogP contribution is -2.25. The van der Waals surface area contributed by atoms with Gasteiger partial charge in [0, 0.05) is 23.0 Å². The van der Waals surface area contributed by atoms with Gasteiger partial charge in [0.1, 0.15) is 5.75 Å². The molecule has 0 aromatic heterocycles. The largest absolute Gasteiger partial charge is 0.496 e. The first-order valence-electron chi connectivity index (χ1n) is 8.09. The minimum Gasteiger partial charge on any atom is -0.496 e. The second-order valence-corrected chi connectivity index (χ2v) is 6.61. The predicted molar refractivity (Wildman–Crippen MR) is 103 cm³/mol. The number of hydrazone groups is 1. The number of benzene rings is 2. The van der Waals surface area contributed by atoms with Crippen molar-refractivity contribution in [2.75, 3.05) is 21.3 Å². The number of ether oxygens (including phenoxy) is 4. The van der Waals surface area contributed by atoms with Crippen molar-refractivity contribution in [1.82, 2.24) is 5.01 Å². The summed E-state index contributed by atoms with van der Waals surface area (Å²) in [6, 6.07) is 10.9. The predicted octanol–water partition coefficient (Wildman–Crippen LogP) is 3.71. The standard InChI is InChI=1S/C19H19BrN2O5/c1-11(23)22-19(27-18(21-22)12-5-7-13(20)8-6-12)14-9-16(25-3)17(26-4)10-15(14)24-2/h5-10,19H,1-4H3/t19-/m0/s1. The second kappa shape index (κ2) is 7.87. The summed E-state index contributed by atoms with van der Waals surface area (Å²) in [6.45, 7) is 1.43. The number of nitrogens with zero attached hydrogens (tertiary/aromatic N) is 2. The Bertz CT molecular complexity index is 882. The molecular formula is C19H19BrN2O5. The Kier molecular flexibility index (Phi) is 5.55. The maximum absolute atomic E-state index is 12.2. The first-order chi connectivity index (χ1) is 13.0. The van der Waals surface area contributed by atoms with Crippen LogP contribution >= 0.6 is 15.9 Å². The van der Waals surface area contributed by atoms with E-state index in [1.807, 2.05) is 24.3 Å². The first kappa shape index (κ1) is 19.0. The highest BCUT2D eigenvalue weighted by atomic mass is 79.9. The summed E-state index contributed by atoms with van der Waals surface area (Å²) in [4.78, 5) is 12.2. The number of hydrogen-bond donors (Lipinski definition) is 0.